The summed E-state index contributed by atoms with van der Waals surface area (Å²) in [6, 6.07) is 0.138. The smallest absolute Gasteiger partial charge is 0.317 e. The zero-order chi connectivity index (χ0) is 13.0. The van der Waals surface area contributed by atoms with Crippen LogP contribution in [0.5, 0.6) is 0 Å². The van der Waals surface area contributed by atoms with Crippen molar-refractivity contribution >= 4 is 6.03 Å². The molecule has 2 amide bonds. The summed E-state index contributed by atoms with van der Waals surface area (Å²) in [5, 5.41) is 12.5. The first-order chi connectivity index (χ1) is 8.70. The van der Waals surface area contributed by atoms with E-state index in [0.29, 0.717) is 25.9 Å². The summed E-state index contributed by atoms with van der Waals surface area (Å²) in [6.07, 6.45) is 5.65. The maximum Gasteiger partial charge on any atom is 0.317 e. The Balaban J connectivity index is 1.82. The third-order valence-electron chi connectivity index (χ3n) is 4.07. The van der Waals surface area contributed by atoms with Crippen LogP contribution in [-0.4, -0.2) is 54.5 Å². The van der Waals surface area contributed by atoms with Gasteiger partial charge in [-0.1, -0.05) is 12.8 Å². The van der Waals surface area contributed by atoms with Crippen molar-refractivity contribution in [2.24, 2.45) is 0 Å². The fourth-order valence-electron chi connectivity index (χ4n) is 2.86. The second-order valence-corrected chi connectivity index (χ2v) is 5.33. The van der Waals surface area contributed by atoms with Gasteiger partial charge in [-0.3, -0.25) is 0 Å². The average Bonchev–Trinajstić information content (AvgIpc) is 2.40. The number of hydrogen-bond donors (Lipinski definition) is 2. The number of amides is 2. The number of piperidine rings is 1. The van der Waals surface area contributed by atoms with Crippen molar-refractivity contribution in [3.63, 3.8) is 0 Å². The topological polar surface area (TPSA) is 61.8 Å². The molecule has 104 valence electrons. The summed E-state index contributed by atoms with van der Waals surface area (Å²) in [5.74, 6) is 0. The molecule has 2 aliphatic rings. The summed E-state index contributed by atoms with van der Waals surface area (Å²) in [5.41, 5.74) is 0. The molecule has 2 atom stereocenters. The molecule has 0 aromatic rings. The van der Waals surface area contributed by atoms with Crippen molar-refractivity contribution in [2.45, 2.75) is 56.8 Å². The van der Waals surface area contributed by atoms with Gasteiger partial charge in [0.25, 0.3) is 0 Å². The number of hydrogen-bond acceptors (Lipinski definition) is 3. The number of aliphatic hydroxyl groups is 1. The van der Waals surface area contributed by atoms with E-state index in [2.05, 4.69) is 5.32 Å². The van der Waals surface area contributed by atoms with E-state index in [-0.39, 0.29) is 24.3 Å². The van der Waals surface area contributed by atoms with E-state index >= 15 is 0 Å². The van der Waals surface area contributed by atoms with Crippen molar-refractivity contribution in [1.82, 2.24) is 10.2 Å². The van der Waals surface area contributed by atoms with Crippen LogP contribution < -0.4 is 5.32 Å². The van der Waals surface area contributed by atoms with Gasteiger partial charge in [0.1, 0.15) is 0 Å². The van der Waals surface area contributed by atoms with Gasteiger partial charge in [0.2, 0.25) is 0 Å². The molecule has 1 aliphatic carbocycles. The molecule has 1 saturated heterocycles. The highest BCUT2D eigenvalue weighted by molar-refractivity contribution is 5.74. The predicted molar refractivity (Wildman–Crippen MR) is 68.4 cm³/mol. The Bertz CT molecular complexity index is 277. The molecular formula is C13H24N2O3. The first kappa shape index (κ1) is 13.6. The largest absolute Gasteiger partial charge is 0.393 e. The molecule has 0 aromatic carbocycles. The third-order valence-corrected chi connectivity index (χ3v) is 4.07. The Labute approximate surface area is 108 Å². The molecule has 0 bridgehead atoms. The minimum absolute atomic E-state index is 0.00384. The van der Waals surface area contributed by atoms with Gasteiger partial charge in [0.15, 0.2) is 0 Å². The maximum atomic E-state index is 12.1. The summed E-state index contributed by atoms with van der Waals surface area (Å²) in [7, 11) is 1.71. The number of likely N-dealkylation sites (tertiary alicyclic amines) is 1. The second-order valence-electron chi connectivity index (χ2n) is 5.33. The standard InChI is InChI=1S/C13H24N2O3/c1-18-12-5-3-2-4-11(12)14-13(17)15-8-6-10(16)7-9-15/h10-12,16H,2-9H2,1H3,(H,14,17). The van der Waals surface area contributed by atoms with Crippen molar-refractivity contribution in [3.05, 3.63) is 0 Å². The van der Waals surface area contributed by atoms with Crippen molar-refractivity contribution in [3.8, 4) is 0 Å². The molecule has 0 aromatic heterocycles. The van der Waals surface area contributed by atoms with Gasteiger partial charge in [-0.05, 0) is 25.7 Å². The molecular weight excluding hydrogens is 232 g/mol. The molecule has 2 N–H and O–H groups in total. The molecule has 2 rings (SSSR count). The Kier molecular flexibility index (Phi) is 4.83. The molecule has 5 heteroatoms. The van der Waals surface area contributed by atoms with E-state index in [1.807, 2.05) is 0 Å². The van der Waals surface area contributed by atoms with Crippen LogP contribution in [0.25, 0.3) is 0 Å². The van der Waals surface area contributed by atoms with Gasteiger partial charge >= 0.3 is 6.03 Å². The number of carbonyl (C=O) groups is 1. The van der Waals surface area contributed by atoms with Crippen LogP contribution in [-0.2, 0) is 4.74 Å². The monoisotopic (exact) mass is 256 g/mol. The molecule has 0 spiro atoms. The summed E-state index contributed by atoms with van der Waals surface area (Å²) < 4.78 is 5.44. The molecule has 2 unspecified atom stereocenters. The van der Waals surface area contributed by atoms with E-state index in [0.717, 1.165) is 19.3 Å². The Morgan fingerprint density at radius 1 is 1.22 bits per heavy atom. The highest BCUT2D eigenvalue weighted by atomic mass is 16.5. The van der Waals surface area contributed by atoms with E-state index in [1.165, 1.54) is 6.42 Å². The van der Waals surface area contributed by atoms with E-state index < -0.39 is 0 Å². The average molecular weight is 256 g/mol. The van der Waals surface area contributed by atoms with Gasteiger partial charge in [-0.25, -0.2) is 4.79 Å². The highest BCUT2D eigenvalue weighted by Crippen LogP contribution is 2.21. The fraction of sp³-hybridized carbons (Fsp3) is 0.923. The predicted octanol–water partition coefficient (Wildman–Crippen LogP) is 1.11. The molecule has 5 nitrogen and oxygen atoms in total. The minimum atomic E-state index is -0.240. The van der Waals surface area contributed by atoms with E-state index in [1.54, 1.807) is 12.0 Å². The Hall–Kier alpha value is -0.810. The van der Waals surface area contributed by atoms with Gasteiger partial charge in [-0.2, -0.15) is 0 Å². The quantitative estimate of drug-likeness (QED) is 0.778. The van der Waals surface area contributed by atoms with Crippen molar-refractivity contribution in [2.75, 3.05) is 20.2 Å². The van der Waals surface area contributed by atoms with Crippen LogP contribution in [0.3, 0.4) is 0 Å². The van der Waals surface area contributed by atoms with Crippen molar-refractivity contribution in [1.29, 1.82) is 0 Å². The van der Waals surface area contributed by atoms with Gasteiger partial charge < -0.3 is 20.1 Å². The maximum absolute atomic E-state index is 12.1. The minimum Gasteiger partial charge on any atom is -0.393 e. The summed E-state index contributed by atoms with van der Waals surface area (Å²) in [6.45, 7) is 1.30. The SMILES string of the molecule is COC1CCCCC1NC(=O)N1CCC(O)CC1. The van der Waals surface area contributed by atoms with Crippen LogP contribution in [0.1, 0.15) is 38.5 Å². The third kappa shape index (κ3) is 3.36. The molecule has 2 fully saturated rings. The number of urea groups is 1. The normalized spacial score (nSPS) is 30.2. The molecule has 1 aliphatic heterocycles. The number of nitrogens with zero attached hydrogens (tertiary/aromatic N) is 1. The first-order valence-electron chi connectivity index (χ1n) is 6.97. The Morgan fingerprint density at radius 2 is 1.89 bits per heavy atom. The molecule has 0 radical (unpaired) electrons. The summed E-state index contributed by atoms with van der Waals surface area (Å²) >= 11 is 0. The summed E-state index contributed by atoms with van der Waals surface area (Å²) in [4.78, 5) is 13.9. The van der Waals surface area contributed by atoms with Crippen molar-refractivity contribution < 1.29 is 14.6 Å². The number of nitrogens with one attached hydrogen (secondary N) is 1. The molecule has 18 heavy (non-hydrogen) atoms. The van der Waals surface area contributed by atoms with E-state index in [4.69, 9.17) is 4.74 Å². The number of aliphatic hydroxyl groups excluding tert-OH is 1. The van der Waals surface area contributed by atoms with E-state index in [9.17, 15) is 9.90 Å². The van der Waals surface area contributed by atoms with Crippen LogP contribution in [0.15, 0.2) is 0 Å². The Morgan fingerprint density at radius 3 is 2.56 bits per heavy atom. The zero-order valence-corrected chi connectivity index (χ0v) is 11.1. The lowest BCUT2D eigenvalue weighted by Crippen LogP contribution is -2.52. The molecule has 1 heterocycles. The zero-order valence-electron chi connectivity index (χ0n) is 11.1. The number of rotatable bonds is 2. The van der Waals surface area contributed by atoms with Gasteiger partial charge in [-0.15, -0.1) is 0 Å². The van der Waals surface area contributed by atoms with Gasteiger partial charge in [0, 0.05) is 20.2 Å². The first-order valence-corrected chi connectivity index (χ1v) is 6.97. The lowest BCUT2D eigenvalue weighted by atomic mass is 9.92. The fourth-order valence-corrected chi connectivity index (χ4v) is 2.86. The number of methoxy groups -OCH3 is 1. The number of ether oxygens (including phenoxy) is 1. The van der Waals surface area contributed by atoms with Gasteiger partial charge in [0.05, 0.1) is 18.2 Å². The van der Waals surface area contributed by atoms with Crippen LogP contribution in [0.4, 0.5) is 4.79 Å². The van der Waals surface area contributed by atoms with Crippen LogP contribution in [0, 0.1) is 0 Å². The molecule has 1 saturated carbocycles. The van der Waals surface area contributed by atoms with Crippen LogP contribution in [0.2, 0.25) is 0 Å². The number of carbonyl (C=O) groups excluding carboxylic acids is 1. The highest BCUT2D eigenvalue weighted by Gasteiger charge is 2.29. The lowest BCUT2D eigenvalue weighted by molar-refractivity contribution is 0.0405. The van der Waals surface area contributed by atoms with Crippen LogP contribution >= 0.6 is 0 Å². The second kappa shape index (κ2) is 6.38. The lowest BCUT2D eigenvalue weighted by Gasteiger charge is -2.35.